The first-order valence-corrected chi connectivity index (χ1v) is 7.88. The van der Waals surface area contributed by atoms with Crippen LogP contribution in [0.4, 0.5) is 5.69 Å². The fourth-order valence-electron chi connectivity index (χ4n) is 2.34. The van der Waals surface area contributed by atoms with Gasteiger partial charge in [-0.3, -0.25) is 0 Å². The molecule has 2 nitrogen and oxygen atoms in total. The second kappa shape index (κ2) is 5.51. The highest BCUT2D eigenvalue weighted by Crippen LogP contribution is 2.43. The summed E-state index contributed by atoms with van der Waals surface area (Å²) in [6.07, 6.45) is 0. The van der Waals surface area contributed by atoms with Crippen molar-refractivity contribution in [1.82, 2.24) is 0 Å². The smallest absolute Gasteiger partial charge is 0.0656 e. The predicted octanol–water partition coefficient (Wildman–Crippen LogP) is 4.75. The molecule has 0 aliphatic heterocycles. The van der Waals surface area contributed by atoms with E-state index < -0.39 is 0 Å². The Kier molecular flexibility index (Phi) is 3.70. The molecule has 0 atom stereocenters. The first-order chi connectivity index (χ1) is 10.1. The number of anilines is 1. The summed E-state index contributed by atoms with van der Waals surface area (Å²) in [7, 11) is 0. The molecule has 21 heavy (non-hydrogen) atoms. The van der Waals surface area contributed by atoms with Crippen LogP contribution in [0.1, 0.15) is 13.8 Å². The largest absolute Gasteiger partial charge is 0.394 e. The topological polar surface area (TPSA) is 32.3 Å². The van der Waals surface area contributed by atoms with E-state index in [9.17, 15) is 5.11 Å². The lowest BCUT2D eigenvalue weighted by molar-refractivity contribution is 0.234. The Labute approximate surface area is 129 Å². The summed E-state index contributed by atoms with van der Waals surface area (Å²) >= 11 is 1.78. The van der Waals surface area contributed by atoms with Crippen LogP contribution in [0.25, 0.3) is 20.5 Å². The minimum atomic E-state index is -0.354. The zero-order valence-electron chi connectivity index (χ0n) is 12.3. The van der Waals surface area contributed by atoms with Gasteiger partial charge in [0.05, 0.1) is 22.7 Å². The van der Waals surface area contributed by atoms with Crippen LogP contribution in [0, 0.1) is 0 Å². The molecule has 0 unspecified atom stereocenters. The van der Waals surface area contributed by atoms with Gasteiger partial charge in [0.15, 0.2) is 0 Å². The van der Waals surface area contributed by atoms with Gasteiger partial charge in [-0.05, 0) is 25.5 Å². The maximum atomic E-state index is 9.57. The Hall–Kier alpha value is -1.84. The van der Waals surface area contributed by atoms with Gasteiger partial charge in [-0.1, -0.05) is 48.5 Å². The lowest BCUT2D eigenvalue weighted by atomic mass is 10.0. The molecular formula is C18H19NOS. The molecule has 2 aromatic carbocycles. The molecule has 0 radical (unpaired) electrons. The summed E-state index contributed by atoms with van der Waals surface area (Å²) in [5, 5.41) is 14.3. The molecule has 108 valence electrons. The normalized spacial score (nSPS) is 11.8. The van der Waals surface area contributed by atoms with E-state index >= 15 is 0 Å². The minimum Gasteiger partial charge on any atom is -0.394 e. The van der Waals surface area contributed by atoms with Gasteiger partial charge in [0.25, 0.3) is 0 Å². The van der Waals surface area contributed by atoms with Crippen LogP contribution >= 0.6 is 11.3 Å². The number of thiophene rings is 1. The average Bonchev–Trinajstić information content (AvgIpc) is 2.87. The van der Waals surface area contributed by atoms with E-state index in [-0.39, 0.29) is 12.1 Å². The van der Waals surface area contributed by atoms with E-state index in [4.69, 9.17) is 0 Å². The lowest BCUT2D eigenvalue weighted by Gasteiger charge is -2.25. The number of fused-ring (bicyclic) bond motifs is 1. The van der Waals surface area contributed by atoms with E-state index in [0.717, 1.165) is 5.69 Å². The molecule has 0 spiro atoms. The molecule has 1 heterocycles. The van der Waals surface area contributed by atoms with Gasteiger partial charge in [-0.25, -0.2) is 0 Å². The highest BCUT2D eigenvalue weighted by Gasteiger charge is 2.21. The van der Waals surface area contributed by atoms with E-state index in [1.165, 1.54) is 20.5 Å². The van der Waals surface area contributed by atoms with Crippen molar-refractivity contribution in [3.8, 4) is 10.4 Å². The second-order valence-electron chi connectivity index (χ2n) is 5.84. The van der Waals surface area contributed by atoms with E-state index in [1.807, 2.05) is 19.9 Å². The zero-order chi connectivity index (χ0) is 14.9. The molecule has 0 saturated carbocycles. The quantitative estimate of drug-likeness (QED) is 0.728. The van der Waals surface area contributed by atoms with E-state index in [0.29, 0.717) is 0 Å². The molecule has 0 bridgehead atoms. The van der Waals surface area contributed by atoms with Gasteiger partial charge >= 0.3 is 0 Å². The van der Waals surface area contributed by atoms with Gasteiger partial charge in [0, 0.05) is 10.1 Å². The summed E-state index contributed by atoms with van der Waals surface area (Å²) in [6.45, 7) is 4.10. The monoisotopic (exact) mass is 297 g/mol. The van der Waals surface area contributed by atoms with Crippen molar-refractivity contribution >= 4 is 27.1 Å². The Balaban J connectivity index is 2.19. The molecule has 0 aliphatic rings. The van der Waals surface area contributed by atoms with Crippen LogP contribution in [-0.2, 0) is 0 Å². The van der Waals surface area contributed by atoms with Crippen LogP contribution in [0.15, 0.2) is 54.6 Å². The lowest BCUT2D eigenvalue weighted by Crippen LogP contribution is -2.34. The fourth-order valence-corrected chi connectivity index (χ4v) is 3.50. The molecular weight excluding hydrogens is 278 g/mol. The molecule has 3 aromatic rings. The first-order valence-electron chi connectivity index (χ1n) is 7.07. The van der Waals surface area contributed by atoms with Crippen molar-refractivity contribution in [3.63, 3.8) is 0 Å². The van der Waals surface area contributed by atoms with Gasteiger partial charge < -0.3 is 10.4 Å². The Morgan fingerprint density at radius 3 is 2.38 bits per heavy atom. The maximum Gasteiger partial charge on any atom is 0.0656 e. The van der Waals surface area contributed by atoms with E-state index in [2.05, 4.69) is 53.8 Å². The number of aliphatic hydroxyl groups is 1. The summed E-state index contributed by atoms with van der Waals surface area (Å²) in [5.41, 5.74) is 1.96. The van der Waals surface area contributed by atoms with Crippen LogP contribution in [-0.4, -0.2) is 17.3 Å². The average molecular weight is 297 g/mol. The molecule has 2 N–H and O–H groups in total. The fraction of sp³-hybridized carbons (Fsp3) is 0.222. The molecule has 0 saturated heterocycles. The van der Waals surface area contributed by atoms with Crippen molar-refractivity contribution in [2.45, 2.75) is 19.4 Å². The number of hydrogen-bond donors (Lipinski definition) is 2. The van der Waals surface area contributed by atoms with Crippen LogP contribution in [0.5, 0.6) is 0 Å². The second-order valence-corrected chi connectivity index (χ2v) is 6.89. The van der Waals surface area contributed by atoms with E-state index in [1.54, 1.807) is 11.3 Å². The number of benzene rings is 2. The van der Waals surface area contributed by atoms with Gasteiger partial charge in [-0.2, -0.15) is 0 Å². The SMILES string of the molecule is CC(C)(CO)Nc1c(-c2ccccc2)sc2ccccc12. The standard InChI is InChI=1S/C18H19NOS/c1-18(2,12-20)19-16-14-10-6-7-11-15(14)21-17(16)13-8-4-3-5-9-13/h3-11,19-20H,12H2,1-2H3. The van der Waals surface area contributed by atoms with Crippen molar-refractivity contribution in [2.75, 3.05) is 11.9 Å². The van der Waals surface area contributed by atoms with Crippen molar-refractivity contribution < 1.29 is 5.11 Å². The van der Waals surface area contributed by atoms with Crippen molar-refractivity contribution in [1.29, 1.82) is 0 Å². The summed E-state index contributed by atoms with van der Waals surface area (Å²) in [5.74, 6) is 0. The maximum absolute atomic E-state index is 9.57. The molecule has 0 amide bonds. The molecule has 3 rings (SSSR count). The van der Waals surface area contributed by atoms with Gasteiger partial charge in [-0.15, -0.1) is 11.3 Å². The summed E-state index contributed by atoms with van der Waals surface area (Å²) in [6, 6.07) is 18.8. The van der Waals surface area contributed by atoms with Gasteiger partial charge in [0.2, 0.25) is 0 Å². The third-order valence-electron chi connectivity index (χ3n) is 3.49. The van der Waals surface area contributed by atoms with Gasteiger partial charge in [0.1, 0.15) is 0 Å². The van der Waals surface area contributed by atoms with Crippen LogP contribution < -0.4 is 5.32 Å². The zero-order valence-corrected chi connectivity index (χ0v) is 13.1. The van der Waals surface area contributed by atoms with Crippen molar-refractivity contribution in [3.05, 3.63) is 54.6 Å². The number of nitrogens with one attached hydrogen (secondary N) is 1. The molecule has 1 aromatic heterocycles. The Morgan fingerprint density at radius 2 is 1.67 bits per heavy atom. The Morgan fingerprint density at radius 1 is 1.00 bits per heavy atom. The molecule has 0 aliphatic carbocycles. The van der Waals surface area contributed by atoms with Crippen LogP contribution in [0.3, 0.4) is 0 Å². The molecule has 3 heteroatoms. The highest BCUT2D eigenvalue weighted by molar-refractivity contribution is 7.23. The summed E-state index contributed by atoms with van der Waals surface area (Å²) in [4.78, 5) is 1.22. The number of aliphatic hydroxyl groups excluding tert-OH is 1. The first kappa shape index (κ1) is 14.1. The Bertz CT molecular complexity index is 746. The summed E-state index contributed by atoms with van der Waals surface area (Å²) < 4.78 is 1.26. The third-order valence-corrected chi connectivity index (χ3v) is 4.71. The number of rotatable bonds is 4. The van der Waals surface area contributed by atoms with Crippen LogP contribution in [0.2, 0.25) is 0 Å². The minimum absolute atomic E-state index is 0.0887. The third kappa shape index (κ3) is 2.80. The predicted molar refractivity (Wildman–Crippen MR) is 92.0 cm³/mol. The van der Waals surface area contributed by atoms with Crippen molar-refractivity contribution in [2.24, 2.45) is 0 Å². The highest BCUT2D eigenvalue weighted by atomic mass is 32.1. The number of hydrogen-bond acceptors (Lipinski definition) is 3. The molecule has 0 fully saturated rings.